The van der Waals surface area contributed by atoms with Gasteiger partial charge in [-0.05, 0) is 24.3 Å². The van der Waals surface area contributed by atoms with Gasteiger partial charge in [0.25, 0.3) is 0 Å². The van der Waals surface area contributed by atoms with E-state index in [4.69, 9.17) is 4.52 Å². The molecule has 0 bridgehead atoms. The van der Waals surface area contributed by atoms with Gasteiger partial charge in [-0.1, -0.05) is 44.1 Å². The highest BCUT2D eigenvalue weighted by molar-refractivity contribution is 6.08. The van der Waals surface area contributed by atoms with Crippen molar-refractivity contribution in [1.29, 1.82) is 0 Å². The van der Waals surface area contributed by atoms with Gasteiger partial charge >= 0.3 is 0 Å². The van der Waals surface area contributed by atoms with Crippen LogP contribution in [0.5, 0.6) is 11.6 Å². The number of aromatic hydroxyl groups is 2. The molecule has 30 heavy (non-hydrogen) atoms. The van der Waals surface area contributed by atoms with Crippen LogP contribution < -0.4 is 0 Å². The molecule has 0 saturated carbocycles. The zero-order chi connectivity index (χ0) is 21.5. The van der Waals surface area contributed by atoms with E-state index in [-0.39, 0.29) is 11.3 Å². The summed E-state index contributed by atoms with van der Waals surface area (Å²) in [7, 11) is 0. The van der Waals surface area contributed by atoms with Gasteiger partial charge in [0.15, 0.2) is 11.5 Å². The summed E-state index contributed by atoms with van der Waals surface area (Å²) in [6, 6.07) is 14.2. The predicted molar refractivity (Wildman–Crippen MR) is 112 cm³/mol. The number of carbonyl (C=O) groups excluding carboxylic acids is 1. The van der Waals surface area contributed by atoms with Crippen molar-refractivity contribution < 1.29 is 19.5 Å². The number of pyridine rings is 1. The van der Waals surface area contributed by atoms with Crippen LogP contribution in [0.1, 0.15) is 31.1 Å². The summed E-state index contributed by atoms with van der Waals surface area (Å²) in [6.45, 7) is 5.29. The number of benzene rings is 1. The van der Waals surface area contributed by atoms with Crippen molar-refractivity contribution in [2.45, 2.75) is 20.8 Å². The molecule has 1 aromatic carbocycles. The third-order valence-corrected chi connectivity index (χ3v) is 4.80. The Hall–Kier alpha value is -3.87. The molecule has 3 heterocycles. The summed E-state index contributed by atoms with van der Waals surface area (Å²) >= 11 is 0. The molecule has 0 fully saturated rings. The van der Waals surface area contributed by atoms with Crippen LogP contribution in [0.25, 0.3) is 28.3 Å². The number of hydrogen-bond acceptors (Lipinski definition) is 6. The van der Waals surface area contributed by atoms with Gasteiger partial charge in [0.05, 0.1) is 17.0 Å². The molecule has 7 heteroatoms. The Bertz CT molecular complexity index is 1190. The van der Waals surface area contributed by atoms with E-state index < -0.39 is 17.0 Å². The van der Waals surface area contributed by atoms with Gasteiger partial charge in [-0.3, -0.25) is 14.3 Å². The third-order valence-electron chi connectivity index (χ3n) is 4.80. The second-order valence-corrected chi connectivity index (χ2v) is 7.96. The first kappa shape index (κ1) is 19.4. The molecule has 0 unspecified atom stereocenters. The maximum absolute atomic E-state index is 13.2. The number of aromatic nitrogens is 3. The van der Waals surface area contributed by atoms with Crippen LogP contribution in [0.3, 0.4) is 0 Å². The van der Waals surface area contributed by atoms with Crippen molar-refractivity contribution in [2.75, 3.05) is 0 Å². The average Bonchev–Trinajstić information content (AvgIpc) is 3.35. The second-order valence-electron chi connectivity index (χ2n) is 7.96. The lowest BCUT2D eigenvalue weighted by Gasteiger charge is -2.18. The second kappa shape index (κ2) is 7.18. The minimum atomic E-state index is -0.767. The molecule has 0 spiro atoms. The summed E-state index contributed by atoms with van der Waals surface area (Å²) in [6.07, 6.45) is 3.09. The van der Waals surface area contributed by atoms with Gasteiger partial charge in [0.2, 0.25) is 5.88 Å². The fourth-order valence-electron chi connectivity index (χ4n) is 3.28. The fourth-order valence-corrected chi connectivity index (χ4v) is 3.28. The number of hydrogen-bond donors (Lipinski definition) is 2. The molecule has 152 valence electrons. The summed E-state index contributed by atoms with van der Waals surface area (Å²) < 4.78 is 6.32. The number of ketones is 1. The van der Waals surface area contributed by atoms with E-state index in [0.29, 0.717) is 22.8 Å². The maximum atomic E-state index is 13.2. The van der Waals surface area contributed by atoms with E-state index >= 15 is 0 Å². The molecule has 0 radical (unpaired) electrons. The lowest BCUT2D eigenvalue weighted by Crippen LogP contribution is -2.21. The molecule has 7 nitrogen and oxygen atoms in total. The van der Waals surface area contributed by atoms with Crippen molar-refractivity contribution in [3.63, 3.8) is 0 Å². The lowest BCUT2D eigenvalue weighted by atomic mass is 9.85. The Morgan fingerprint density at radius 1 is 1.00 bits per heavy atom. The van der Waals surface area contributed by atoms with Crippen LogP contribution in [0.4, 0.5) is 0 Å². The van der Waals surface area contributed by atoms with Gasteiger partial charge < -0.3 is 14.7 Å². The zero-order valence-corrected chi connectivity index (χ0v) is 16.8. The quantitative estimate of drug-likeness (QED) is 0.473. The number of Topliss-reactive ketones (excluding diaryl/α,β-unsaturated/α-hetero) is 1. The summed E-state index contributed by atoms with van der Waals surface area (Å²) in [4.78, 5) is 17.5. The van der Waals surface area contributed by atoms with E-state index in [2.05, 4.69) is 10.1 Å². The summed E-state index contributed by atoms with van der Waals surface area (Å²) in [5, 5.41) is 25.4. The maximum Gasteiger partial charge on any atom is 0.240 e. The average molecular weight is 403 g/mol. The fraction of sp³-hybridized carbons (Fsp3) is 0.174. The van der Waals surface area contributed by atoms with Gasteiger partial charge in [0, 0.05) is 28.9 Å². The SMILES string of the molecule is CC(C)(C)C(=O)c1c(O)c(O)n(-c2ccc(-c3ccon3)cc2)c1-c1ccccn1. The van der Waals surface area contributed by atoms with Gasteiger partial charge in [-0.15, -0.1) is 0 Å². The molecule has 0 aliphatic carbocycles. The van der Waals surface area contributed by atoms with Crippen LogP contribution in [0.2, 0.25) is 0 Å². The highest BCUT2D eigenvalue weighted by atomic mass is 16.5. The van der Waals surface area contributed by atoms with E-state index in [0.717, 1.165) is 5.56 Å². The van der Waals surface area contributed by atoms with Gasteiger partial charge in [-0.25, -0.2) is 0 Å². The lowest BCUT2D eigenvalue weighted by molar-refractivity contribution is 0.0856. The molecule has 0 aliphatic rings. The minimum Gasteiger partial charge on any atom is -0.503 e. The van der Waals surface area contributed by atoms with E-state index in [1.807, 2.05) is 12.1 Å². The molecule has 0 amide bonds. The molecular formula is C23H21N3O4. The van der Waals surface area contributed by atoms with E-state index in [9.17, 15) is 15.0 Å². The Kier molecular flexibility index (Phi) is 4.66. The van der Waals surface area contributed by atoms with E-state index in [1.165, 1.54) is 10.8 Å². The Morgan fingerprint density at radius 2 is 1.73 bits per heavy atom. The van der Waals surface area contributed by atoms with Crippen molar-refractivity contribution in [1.82, 2.24) is 14.7 Å². The molecule has 3 aromatic heterocycles. The van der Waals surface area contributed by atoms with Crippen LogP contribution >= 0.6 is 0 Å². The van der Waals surface area contributed by atoms with Crippen LogP contribution in [0, 0.1) is 5.41 Å². The first-order valence-corrected chi connectivity index (χ1v) is 9.43. The molecule has 0 aliphatic heterocycles. The third kappa shape index (κ3) is 3.24. The Labute approximate surface area is 173 Å². The normalized spacial score (nSPS) is 11.6. The molecule has 4 rings (SSSR count). The highest BCUT2D eigenvalue weighted by Gasteiger charge is 2.35. The predicted octanol–water partition coefficient (Wildman–Crippen LogP) is 4.83. The number of rotatable bonds is 4. The largest absolute Gasteiger partial charge is 0.503 e. The van der Waals surface area contributed by atoms with E-state index in [1.54, 1.807) is 63.4 Å². The van der Waals surface area contributed by atoms with Crippen molar-refractivity contribution >= 4 is 5.78 Å². The summed E-state index contributed by atoms with van der Waals surface area (Å²) in [5.41, 5.74) is 2.13. The van der Waals surface area contributed by atoms with Crippen molar-refractivity contribution in [2.24, 2.45) is 5.41 Å². The first-order valence-electron chi connectivity index (χ1n) is 9.43. The van der Waals surface area contributed by atoms with Crippen LogP contribution in [0.15, 0.2) is 65.5 Å². The topological polar surface area (TPSA) is 101 Å². The monoisotopic (exact) mass is 403 g/mol. The smallest absolute Gasteiger partial charge is 0.240 e. The van der Waals surface area contributed by atoms with Crippen LogP contribution in [-0.4, -0.2) is 30.7 Å². The van der Waals surface area contributed by atoms with Gasteiger partial charge in [-0.2, -0.15) is 0 Å². The van der Waals surface area contributed by atoms with Crippen molar-refractivity contribution in [3.8, 4) is 40.0 Å². The Balaban J connectivity index is 1.95. The molecule has 4 aromatic rings. The molecule has 0 saturated heterocycles. The van der Waals surface area contributed by atoms with Gasteiger partial charge in [0.1, 0.15) is 12.0 Å². The summed E-state index contributed by atoms with van der Waals surface area (Å²) in [5.74, 6) is -1.18. The van der Waals surface area contributed by atoms with Crippen LogP contribution in [-0.2, 0) is 0 Å². The first-order chi connectivity index (χ1) is 14.3. The molecule has 0 atom stereocenters. The van der Waals surface area contributed by atoms with Crippen molar-refractivity contribution in [3.05, 3.63) is 66.6 Å². The zero-order valence-electron chi connectivity index (χ0n) is 16.8. The number of nitrogens with zero attached hydrogens (tertiary/aromatic N) is 3. The standard InChI is InChI=1S/C23H21N3O4/c1-23(2,3)21(28)18-19(17-6-4-5-12-24-17)26(22(29)20(18)27)15-9-7-14(8-10-15)16-11-13-30-25-16/h4-13,27,29H,1-3H3. The highest BCUT2D eigenvalue weighted by Crippen LogP contribution is 2.44. The Morgan fingerprint density at radius 3 is 2.30 bits per heavy atom. The molecule has 2 N–H and O–H groups in total. The number of carbonyl (C=O) groups is 1. The minimum absolute atomic E-state index is 0.0410. The molecular weight excluding hydrogens is 382 g/mol.